The van der Waals surface area contributed by atoms with Gasteiger partial charge in [-0.2, -0.15) is 0 Å². The molecule has 15 heavy (non-hydrogen) atoms. The van der Waals surface area contributed by atoms with Crippen molar-refractivity contribution in [3.05, 3.63) is 39.0 Å². The Morgan fingerprint density at radius 2 is 2.47 bits per heavy atom. The fraction of sp³-hybridized carbons (Fsp3) is 0.200. The maximum Gasteiger partial charge on any atom is 0.238 e. The molecule has 0 atom stereocenters. The van der Waals surface area contributed by atoms with Crippen LogP contribution in [0.25, 0.3) is 0 Å². The standard InChI is InChI=1S/C10H9BrN2OS/c1-2-13-4-3-12-10(13)9(14)8-5-7(11)6-15-8/h3-6H,2H2,1H3. The number of carbonyl (C=O) groups excluding carboxylic acids is 1. The van der Waals surface area contributed by atoms with Gasteiger partial charge in [-0.1, -0.05) is 0 Å². The van der Waals surface area contributed by atoms with Gasteiger partial charge in [-0.15, -0.1) is 11.3 Å². The van der Waals surface area contributed by atoms with E-state index in [1.165, 1.54) is 11.3 Å². The van der Waals surface area contributed by atoms with E-state index >= 15 is 0 Å². The average molecular weight is 285 g/mol. The summed E-state index contributed by atoms with van der Waals surface area (Å²) in [6.45, 7) is 2.75. The van der Waals surface area contributed by atoms with Gasteiger partial charge < -0.3 is 4.57 Å². The number of aryl methyl sites for hydroxylation is 1. The van der Waals surface area contributed by atoms with Gasteiger partial charge in [0.25, 0.3) is 0 Å². The molecule has 78 valence electrons. The molecule has 0 saturated heterocycles. The van der Waals surface area contributed by atoms with Gasteiger partial charge in [0, 0.05) is 28.8 Å². The first-order valence-corrected chi connectivity index (χ1v) is 6.19. The Kier molecular flexibility index (Phi) is 3.02. The first kappa shape index (κ1) is 10.6. The lowest BCUT2D eigenvalue weighted by Crippen LogP contribution is -2.08. The monoisotopic (exact) mass is 284 g/mol. The zero-order chi connectivity index (χ0) is 10.8. The Morgan fingerprint density at radius 1 is 1.67 bits per heavy atom. The van der Waals surface area contributed by atoms with Crippen LogP contribution in [0.3, 0.4) is 0 Å². The third-order valence-electron chi connectivity index (χ3n) is 2.05. The molecule has 0 amide bonds. The van der Waals surface area contributed by atoms with Gasteiger partial charge in [0.2, 0.25) is 5.78 Å². The average Bonchev–Trinajstić information content (AvgIpc) is 2.84. The van der Waals surface area contributed by atoms with Gasteiger partial charge in [-0.05, 0) is 28.9 Å². The van der Waals surface area contributed by atoms with E-state index in [-0.39, 0.29) is 5.78 Å². The number of aromatic nitrogens is 2. The van der Waals surface area contributed by atoms with Crippen LogP contribution in [0.5, 0.6) is 0 Å². The number of rotatable bonds is 3. The number of nitrogens with zero attached hydrogens (tertiary/aromatic N) is 2. The molecule has 0 saturated carbocycles. The lowest BCUT2D eigenvalue weighted by molar-refractivity contribution is 0.102. The van der Waals surface area contributed by atoms with E-state index in [2.05, 4.69) is 20.9 Å². The Labute approximate surface area is 99.9 Å². The van der Waals surface area contributed by atoms with E-state index in [1.54, 1.807) is 6.20 Å². The molecule has 3 nitrogen and oxygen atoms in total. The Bertz CT molecular complexity index is 489. The van der Waals surface area contributed by atoms with Crippen LogP contribution in [0.1, 0.15) is 22.4 Å². The van der Waals surface area contributed by atoms with Gasteiger partial charge >= 0.3 is 0 Å². The number of halogens is 1. The molecule has 0 aliphatic carbocycles. The topological polar surface area (TPSA) is 34.9 Å². The van der Waals surface area contributed by atoms with Crippen molar-refractivity contribution in [3.8, 4) is 0 Å². The largest absolute Gasteiger partial charge is 0.328 e. The van der Waals surface area contributed by atoms with Crippen molar-refractivity contribution in [3.63, 3.8) is 0 Å². The predicted octanol–water partition coefficient (Wildman–Crippen LogP) is 2.96. The van der Waals surface area contributed by atoms with Crippen molar-refractivity contribution in [2.24, 2.45) is 0 Å². The van der Waals surface area contributed by atoms with Crippen molar-refractivity contribution >= 4 is 33.0 Å². The molecule has 0 N–H and O–H groups in total. The third-order valence-corrected chi connectivity index (χ3v) is 3.74. The second kappa shape index (κ2) is 4.28. The molecule has 5 heteroatoms. The number of thiophene rings is 1. The van der Waals surface area contributed by atoms with E-state index in [0.717, 1.165) is 11.0 Å². The number of hydrogen-bond acceptors (Lipinski definition) is 3. The molecule has 0 spiro atoms. The third kappa shape index (κ3) is 2.03. The summed E-state index contributed by atoms with van der Waals surface area (Å²) in [7, 11) is 0. The molecular weight excluding hydrogens is 276 g/mol. The van der Waals surface area contributed by atoms with Crippen molar-refractivity contribution < 1.29 is 4.79 Å². The van der Waals surface area contributed by atoms with Crippen molar-refractivity contribution in [2.75, 3.05) is 0 Å². The first-order valence-electron chi connectivity index (χ1n) is 4.52. The van der Waals surface area contributed by atoms with Crippen LogP contribution >= 0.6 is 27.3 Å². The van der Waals surface area contributed by atoms with Crippen LogP contribution in [0.15, 0.2) is 28.3 Å². The zero-order valence-corrected chi connectivity index (χ0v) is 10.5. The van der Waals surface area contributed by atoms with E-state index in [4.69, 9.17) is 0 Å². The molecule has 0 bridgehead atoms. The van der Waals surface area contributed by atoms with Crippen LogP contribution in [0.4, 0.5) is 0 Å². The summed E-state index contributed by atoms with van der Waals surface area (Å²) < 4.78 is 2.78. The number of imidazole rings is 1. The molecule has 2 rings (SSSR count). The number of carbonyl (C=O) groups is 1. The molecule has 2 aromatic rings. The summed E-state index contributed by atoms with van der Waals surface area (Å²) >= 11 is 4.76. The van der Waals surface area contributed by atoms with Crippen molar-refractivity contribution in [1.82, 2.24) is 9.55 Å². The second-order valence-corrected chi connectivity index (χ2v) is 4.82. The summed E-state index contributed by atoms with van der Waals surface area (Å²) in [4.78, 5) is 16.8. The smallest absolute Gasteiger partial charge is 0.238 e. The Morgan fingerprint density at radius 3 is 3.07 bits per heavy atom. The SMILES string of the molecule is CCn1ccnc1C(=O)c1cc(Br)cs1. The zero-order valence-electron chi connectivity index (χ0n) is 8.11. The molecule has 0 aromatic carbocycles. The highest BCUT2D eigenvalue weighted by atomic mass is 79.9. The van der Waals surface area contributed by atoms with Crippen LogP contribution in [-0.2, 0) is 6.54 Å². The summed E-state index contributed by atoms with van der Waals surface area (Å²) in [6, 6.07) is 1.82. The van der Waals surface area contributed by atoms with Crippen molar-refractivity contribution in [2.45, 2.75) is 13.5 Å². The number of hydrogen-bond donors (Lipinski definition) is 0. The van der Waals surface area contributed by atoms with Gasteiger partial charge in [0.05, 0.1) is 4.88 Å². The number of ketones is 1. The van der Waals surface area contributed by atoms with E-state index in [0.29, 0.717) is 10.7 Å². The highest BCUT2D eigenvalue weighted by molar-refractivity contribution is 9.10. The van der Waals surface area contributed by atoms with Gasteiger partial charge in [-0.3, -0.25) is 4.79 Å². The Hall–Kier alpha value is -0.940. The summed E-state index contributed by atoms with van der Waals surface area (Å²) in [5.74, 6) is 0.490. The van der Waals surface area contributed by atoms with Gasteiger partial charge in [-0.25, -0.2) is 4.98 Å². The van der Waals surface area contributed by atoms with Gasteiger partial charge in [0.1, 0.15) is 0 Å². The molecule has 0 unspecified atom stereocenters. The second-order valence-electron chi connectivity index (χ2n) is 3.00. The fourth-order valence-electron chi connectivity index (χ4n) is 1.32. The molecule has 2 aromatic heterocycles. The summed E-state index contributed by atoms with van der Waals surface area (Å²) in [5, 5.41) is 1.90. The van der Waals surface area contributed by atoms with E-state index in [1.807, 2.05) is 29.1 Å². The molecule has 2 heterocycles. The fourth-order valence-corrected chi connectivity index (χ4v) is 2.68. The molecule has 0 fully saturated rings. The predicted molar refractivity (Wildman–Crippen MR) is 63.4 cm³/mol. The minimum absolute atomic E-state index is 0.0162. The van der Waals surface area contributed by atoms with Crippen LogP contribution in [0, 0.1) is 0 Å². The summed E-state index contributed by atoms with van der Waals surface area (Å²) in [6.07, 6.45) is 3.47. The quantitative estimate of drug-likeness (QED) is 0.813. The minimum Gasteiger partial charge on any atom is -0.328 e. The molecular formula is C10H9BrN2OS. The first-order chi connectivity index (χ1) is 7.22. The maximum atomic E-state index is 12.0. The van der Waals surface area contributed by atoms with E-state index in [9.17, 15) is 4.79 Å². The lowest BCUT2D eigenvalue weighted by Gasteiger charge is -2.01. The maximum absolute atomic E-state index is 12.0. The highest BCUT2D eigenvalue weighted by Gasteiger charge is 2.15. The minimum atomic E-state index is -0.0162. The summed E-state index contributed by atoms with van der Waals surface area (Å²) in [5.41, 5.74) is 0. The van der Waals surface area contributed by atoms with Crippen LogP contribution in [0.2, 0.25) is 0 Å². The van der Waals surface area contributed by atoms with Crippen LogP contribution in [-0.4, -0.2) is 15.3 Å². The van der Waals surface area contributed by atoms with E-state index < -0.39 is 0 Å². The Balaban J connectivity index is 2.36. The van der Waals surface area contributed by atoms with Crippen molar-refractivity contribution in [1.29, 1.82) is 0 Å². The molecule has 0 aliphatic rings. The van der Waals surface area contributed by atoms with Crippen LogP contribution < -0.4 is 0 Å². The highest BCUT2D eigenvalue weighted by Crippen LogP contribution is 2.22. The molecule has 0 radical (unpaired) electrons. The van der Waals surface area contributed by atoms with Gasteiger partial charge in [0.15, 0.2) is 5.82 Å². The normalized spacial score (nSPS) is 10.5. The molecule has 0 aliphatic heterocycles. The lowest BCUT2D eigenvalue weighted by atomic mass is 10.3.